The normalized spacial score (nSPS) is 11.8. The third kappa shape index (κ3) is 6.30. The molecule has 0 heterocycles. The summed E-state index contributed by atoms with van der Waals surface area (Å²) in [6.45, 7) is 2.97. The molecule has 0 aliphatic rings. The van der Waals surface area contributed by atoms with Gasteiger partial charge in [-0.1, -0.05) is 6.07 Å². The Morgan fingerprint density at radius 3 is 2.12 bits per heavy atom. The van der Waals surface area contributed by atoms with E-state index in [0.717, 1.165) is 14.9 Å². The molecule has 10 nitrogen and oxygen atoms in total. The molecular weight excluding hydrogens is 470 g/mol. The van der Waals surface area contributed by atoms with Gasteiger partial charge in [-0.3, -0.25) is 9.10 Å². The first-order chi connectivity index (χ1) is 15.3. The van der Waals surface area contributed by atoms with Crippen molar-refractivity contribution in [2.24, 2.45) is 0 Å². The summed E-state index contributed by atoms with van der Waals surface area (Å²) in [7, 11) is -4.79. The van der Waals surface area contributed by atoms with Crippen molar-refractivity contribution in [3.8, 4) is 0 Å². The minimum Gasteiger partial charge on any atom is -0.462 e. The topological polar surface area (TPSA) is 130 Å². The molecule has 0 spiro atoms. The van der Waals surface area contributed by atoms with Gasteiger partial charge in [0.1, 0.15) is 6.54 Å². The Morgan fingerprint density at radius 1 is 1.00 bits per heavy atom. The molecule has 33 heavy (non-hydrogen) atoms. The average molecular weight is 498 g/mol. The molecule has 0 bridgehead atoms. The van der Waals surface area contributed by atoms with Gasteiger partial charge in [0.2, 0.25) is 26.0 Å². The van der Waals surface area contributed by atoms with Crippen molar-refractivity contribution in [1.29, 1.82) is 0 Å². The highest BCUT2D eigenvalue weighted by Crippen LogP contribution is 2.23. The Balaban J connectivity index is 2.28. The molecule has 2 rings (SSSR count). The maximum Gasteiger partial charge on any atom is 0.338 e. The molecule has 1 amide bonds. The number of benzene rings is 2. The summed E-state index contributed by atoms with van der Waals surface area (Å²) in [5, 5.41) is 2.62. The number of carbonyl (C=O) groups is 2. The first-order valence-corrected chi connectivity index (χ1v) is 13.1. The van der Waals surface area contributed by atoms with E-state index in [9.17, 15) is 26.4 Å². The number of nitrogens with zero attached hydrogens (tertiary/aromatic N) is 2. The lowest BCUT2D eigenvalue weighted by Crippen LogP contribution is -2.37. The smallest absolute Gasteiger partial charge is 0.338 e. The fraction of sp³-hybridized carbons (Fsp3) is 0.333. The van der Waals surface area contributed by atoms with Crippen LogP contribution in [0.3, 0.4) is 0 Å². The van der Waals surface area contributed by atoms with E-state index in [0.29, 0.717) is 11.3 Å². The van der Waals surface area contributed by atoms with Crippen LogP contribution in [0, 0.1) is 6.92 Å². The van der Waals surface area contributed by atoms with E-state index in [-0.39, 0.29) is 22.8 Å². The van der Waals surface area contributed by atoms with Gasteiger partial charge in [0.15, 0.2) is 0 Å². The molecule has 180 valence electrons. The Labute approximate surface area is 194 Å². The first kappa shape index (κ1) is 26.3. The van der Waals surface area contributed by atoms with Crippen LogP contribution in [0.2, 0.25) is 0 Å². The Bertz CT molecular complexity index is 1240. The third-order valence-electron chi connectivity index (χ3n) is 4.69. The molecule has 0 aliphatic carbocycles. The maximum atomic E-state index is 12.7. The van der Waals surface area contributed by atoms with Gasteiger partial charge in [0.25, 0.3) is 0 Å². The van der Waals surface area contributed by atoms with Gasteiger partial charge >= 0.3 is 5.97 Å². The largest absolute Gasteiger partial charge is 0.462 e. The van der Waals surface area contributed by atoms with Crippen molar-refractivity contribution in [2.75, 3.05) is 43.1 Å². The highest BCUT2D eigenvalue weighted by Gasteiger charge is 2.23. The highest BCUT2D eigenvalue weighted by molar-refractivity contribution is 7.92. The number of sulfonamides is 2. The van der Waals surface area contributed by atoms with Crippen LogP contribution in [0.15, 0.2) is 47.4 Å². The van der Waals surface area contributed by atoms with Gasteiger partial charge in [-0.15, -0.1) is 0 Å². The summed E-state index contributed by atoms with van der Waals surface area (Å²) in [5.41, 5.74) is 1.23. The number of esters is 1. The van der Waals surface area contributed by atoms with Crippen LogP contribution >= 0.6 is 0 Å². The highest BCUT2D eigenvalue weighted by atomic mass is 32.2. The van der Waals surface area contributed by atoms with E-state index in [1.807, 2.05) is 0 Å². The van der Waals surface area contributed by atoms with E-state index < -0.39 is 38.5 Å². The van der Waals surface area contributed by atoms with Crippen molar-refractivity contribution in [2.45, 2.75) is 18.7 Å². The van der Waals surface area contributed by atoms with E-state index in [4.69, 9.17) is 4.74 Å². The quantitative estimate of drug-likeness (QED) is 0.523. The molecule has 0 unspecified atom stereocenters. The molecule has 12 heteroatoms. The summed E-state index contributed by atoms with van der Waals surface area (Å²) in [6, 6.07) is 9.90. The van der Waals surface area contributed by atoms with Crippen molar-refractivity contribution in [3.05, 3.63) is 53.6 Å². The molecule has 2 aromatic rings. The van der Waals surface area contributed by atoms with Crippen molar-refractivity contribution in [3.63, 3.8) is 0 Å². The second kappa shape index (κ2) is 10.3. The third-order valence-corrected chi connectivity index (χ3v) is 7.66. The zero-order valence-electron chi connectivity index (χ0n) is 19.0. The van der Waals surface area contributed by atoms with Crippen LogP contribution in [-0.2, 0) is 29.6 Å². The van der Waals surface area contributed by atoms with Crippen LogP contribution in [0.4, 0.5) is 11.4 Å². The van der Waals surface area contributed by atoms with Crippen LogP contribution in [0.5, 0.6) is 0 Å². The monoisotopic (exact) mass is 497 g/mol. The van der Waals surface area contributed by atoms with Gasteiger partial charge in [-0.05, 0) is 55.8 Å². The summed E-state index contributed by atoms with van der Waals surface area (Å²) in [5.74, 6) is -1.17. The summed E-state index contributed by atoms with van der Waals surface area (Å²) >= 11 is 0. The lowest BCUT2D eigenvalue weighted by molar-refractivity contribution is -0.114. The van der Waals surface area contributed by atoms with Crippen LogP contribution in [-0.4, -0.2) is 66.5 Å². The summed E-state index contributed by atoms with van der Waals surface area (Å²) in [6.07, 6.45) is 0.942. The van der Waals surface area contributed by atoms with Crippen LogP contribution in [0.1, 0.15) is 22.8 Å². The molecule has 0 aromatic heterocycles. The minimum atomic E-state index is -3.87. The number of hydrogen-bond acceptors (Lipinski definition) is 7. The van der Waals surface area contributed by atoms with Gasteiger partial charge in [0.05, 0.1) is 29.0 Å². The predicted octanol–water partition coefficient (Wildman–Crippen LogP) is 1.83. The SMILES string of the molecule is CCOC(=O)c1cccc(NC(=O)CN(c2ccc(S(=O)(=O)N(C)C)cc2)S(C)(=O)=O)c1C. The van der Waals surface area contributed by atoms with Crippen LogP contribution < -0.4 is 9.62 Å². The number of nitrogens with one attached hydrogen (secondary N) is 1. The number of rotatable bonds is 9. The molecule has 2 aromatic carbocycles. The second-order valence-corrected chi connectivity index (χ2v) is 11.4. The van der Waals surface area contributed by atoms with E-state index >= 15 is 0 Å². The number of anilines is 2. The summed E-state index contributed by atoms with van der Waals surface area (Å²) < 4.78 is 56.1. The molecule has 0 fully saturated rings. The first-order valence-electron chi connectivity index (χ1n) is 9.86. The molecular formula is C21H27N3O7S2. The number of amides is 1. The number of carbonyl (C=O) groups excluding carboxylic acids is 2. The van der Waals surface area contributed by atoms with E-state index in [1.165, 1.54) is 38.4 Å². The Morgan fingerprint density at radius 2 is 1.61 bits per heavy atom. The van der Waals surface area contributed by atoms with Crippen LogP contribution in [0.25, 0.3) is 0 Å². The maximum absolute atomic E-state index is 12.7. The molecule has 0 aliphatic heterocycles. The van der Waals surface area contributed by atoms with Crippen molar-refractivity contribution in [1.82, 2.24) is 4.31 Å². The second-order valence-electron chi connectivity index (χ2n) is 7.30. The van der Waals surface area contributed by atoms with Crippen molar-refractivity contribution >= 4 is 43.3 Å². The fourth-order valence-electron chi connectivity index (χ4n) is 2.92. The minimum absolute atomic E-state index is 0.0134. The molecule has 0 atom stereocenters. The fourth-order valence-corrected chi connectivity index (χ4v) is 4.67. The summed E-state index contributed by atoms with van der Waals surface area (Å²) in [4.78, 5) is 24.7. The van der Waals surface area contributed by atoms with Gasteiger partial charge in [-0.25, -0.2) is 25.9 Å². The van der Waals surface area contributed by atoms with Crippen molar-refractivity contribution < 1.29 is 31.2 Å². The van der Waals surface area contributed by atoms with Gasteiger partial charge < -0.3 is 10.1 Å². The van der Waals surface area contributed by atoms with E-state index in [1.54, 1.807) is 32.0 Å². The predicted molar refractivity (Wildman–Crippen MR) is 125 cm³/mol. The molecule has 1 N–H and O–H groups in total. The average Bonchev–Trinajstić information content (AvgIpc) is 2.73. The molecule has 0 saturated carbocycles. The lowest BCUT2D eigenvalue weighted by Gasteiger charge is -2.22. The van der Waals surface area contributed by atoms with Gasteiger partial charge in [-0.2, -0.15) is 0 Å². The standard InChI is InChI=1S/C21H27N3O7S2/c1-6-31-21(26)18-8-7-9-19(15(18)2)22-20(25)14-24(32(5,27)28)16-10-12-17(13-11-16)33(29,30)23(3)4/h7-13H,6,14H2,1-5H3,(H,22,25). The zero-order valence-corrected chi connectivity index (χ0v) is 20.7. The Hall–Kier alpha value is -2.96. The number of ether oxygens (including phenoxy) is 1. The van der Waals surface area contributed by atoms with Gasteiger partial charge in [0, 0.05) is 19.8 Å². The number of hydrogen-bond donors (Lipinski definition) is 1. The molecule has 0 radical (unpaired) electrons. The lowest BCUT2D eigenvalue weighted by atomic mass is 10.1. The molecule has 0 saturated heterocycles. The Kier molecular flexibility index (Phi) is 8.22. The van der Waals surface area contributed by atoms with E-state index in [2.05, 4.69) is 5.32 Å². The zero-order chi connectivity index (χ0) is 25.0.